The fourth-order valence-electron chi connectivity index (χ4n) is 0. The molecule has 0 aliphatic rings. The van der Waals surface area contributed by atoms with Crippen molar-refractivity contribution in [3.63, 3.8) is 0 Å². The first-order valence-electron chi connectivity index (χ1n) is 0. The van der Waals surface area contributed by atoms with Gasteiger partial charge >= 0.3 is 0 Å². The summed E-state index contributed by atoms with van der Waals surface area (Å²) in [4.78, 5) is 0. The van der Waals surface area contributed by atoms with Gasteiger partial charge in [-0.3, -0.25) is 0 Å². The largest absolute Gasteiger partial charge is 0 e. The minimum absolute atomic E-state index is 0. The maximum absolute atomic E-state index is 0. The summed E-state index contributed by atoms with van der Waals surface area (Å²) in [5, 5.41) is 0. The first kappa shape index (κ1) is 48.1. The molecular formula is LaZn5. The van der Waals surface area contributed by atoms with Crippen LogP contribution in [-0.4, -0.2) is 0 Å². The third-order valence-corrected chi connectivity index (χ3v) is 0. The van der Waals surface area contributed by atoms with Gasteiger partial charge in [0.25, 0.3) is 0 Å². The van der Waals surface area contributed by atoms with Crippen molar-refractivity contribution in [1.29, 1.82) is 0 Å². The molecule has 0 bridgehead atoms. The molecule has 0 aliphatic carbocycles. The van der Waals surface area contributed by atoms with E-state index in [0.29, 0.717) is 0 Å². The van der Waals surface area contributed by atoms with E-state index in [1.165, 1.54) is 0 Å². The van der Waals surface area contributed by atoms with Crippen LogP contribution in [0.1, 0.15) is 0 Å². The second-order valence-corrected chi connectivity index (χ2v) is 0. The van der Waals surface area contributed by atoms with E-state index in [1.54, 1.807) is 0 Å². The van der Waals surface area contributed by atoms with E-state index in [0.717, 1.165) is 0 Å². The quantitative estimate of drug-likeness (QED) is 0.442. The summed E-state index contributed by atoms with van der Waals surface area (Å²) in [6, 6.07) is 0. The van der Waals surface area contributed by atoms with Crippen LogP contribution in [0.15, 0.2) is 0 Å². The van der Waals surface area contributed by atoms with Crippen LogP contribution in [0.4, 0.5) is 0 Å². The van der Waals surface area contributed by atoms with Crippen molar-refractivity contribution in [2.24, 2.45) is 0 Å². The van der Waals surface area contributed by atoms with E-state index in [1.807, 2.05) is 0 Å². The zero-order chi connectivity index (χ0) is 0. The third-order valence-electron chi connectivity index (χ3n) is 0. The van der Waals surface area contributed by atoms with Crippen LogP contribution in [0.2, 0.25) is 0 Å². The summed E-state index contributed by atoms with van der Waals surface area (Å²) < 4.78 is 0. The minimum atomic E-state index is 0. The number of rotatable bonds is 0. The van der Waals surface area contributed by atoms with Crippen LogP contribution in [0.3, 0.4) is 0 Å². The standard InChI is InChI=1S/La.5Zn. The monoisotopic (exact) mass is 459 g/mol. The third kappa shape index (κ3) is 23.9. The molecule has 0 heterocycles. The molecule has 0 rings (SSSR count). The summed E-state index contributed by atoms with van der Waals surface area (Å²) in [7, 11) is 0. The van der Waals surface area contributed by atoms with Crippen LogP contribution in [0.25, 0.3) is 0 Å². The molecule has 6 heteroatoms. The van der Waals surface area contributed by atoms with Gasteiger partial charge in [0, 0.05) is 133 Å². The Morgan fingerprint density at radius 1 is 0.333 bits per heavy atom. The van der Waals surface area contributed by atoms with Crippen molar-refractivity contribution in [2.45, 2.75) is 0 Å². The number of hydrogen-bond donors (Lipinski definition) is 0. The van der Waals surface area contributed by atoms with E-state index >= 15 is 0 Å². The van der Waals surface area contributed by atoms with Crippen LogP contribution in [0, 0.1) is 35.6 Å². The van der Waals surface area contributed by atoms with Gasteiger partial charge in [-0.25, -0.2) is 0 Å². The van der Waals surface area contributed by atoms with Crippen molar-refractivity contribution in [3.8, 4) is 0 Å². The smallest absolute Gasteiger partial charge is 0 e. The van der Waals surface area contributed by atoms with E-state index < -0.39 is 0 Å². The molecule has 13 valence electrons. The van der Waals surface area contributed by atoms with Gasteiger partial charge in [-0.1, -0.05) is 0 Å². The molecule has 0 aliphatic heterocycles. The van der Waals surface area contributed by atoms with Gasteiger partial charge < -0.3 is 0 Å². The summed E-state index contributed by atoms with van der Waals surface area (Å²) in [5.41, 5.74) is 0. The van der Waals surface area contributed by atoms with Crippen LogP contribution in [-0.2, 0) is 97.4 Å². The van der Waals surface area contributed by atoms with Crippen LogP contribution < -0.4 is 0 Å². The summed E-state index contributed by atoms with van der Waals surface area (Å²) in [6.07, 6.45) is 0. The average Bonchev–Trinajstić information content (AvgIpc) is 0. The van der Waals surface area contributed by atoms with Crippen LogP contribution in [0.5, 0.6) is 0 Å². The fraction of sp³-hybridized carbons (Fsp3) is 0. The Morgan fingerprint density at radius 3 is 0.333 bits per heavy atom. The van der Waals surface area contributed by atoms with Gasteiger partial charge in [0.2, 0.25) is 0 Å². The maximum atomic E-state index is 0. The Kier molecular flexibility index (Phi) is 277. The van der Waals surface area contributed by atoms with E-state index in [2.05, 4.69) is 0 Å². The predicted octanol–water partition coefficient (Wildman–Crippen LogP) is -0.0125. The van der Waals surface area contributed by atoms with Crippen molar-refractivity contribution < 1.29 is 133 Å². The second-order valence-electron chi connectivity index (χ2n) is 0. The normalized spacial score (nSPS) is 0. The second kappa shape index (κ2) is 34.6. The first-order valence-corrected chi connectivity index (χ1v) is 0. The molecule has 0 saturated heterocycles. The molecule has 0 saturated carbocycles. The van der Waals surface area contributed by atoms with E-state index in [-0.39, 0.29) is 133 Å². The molecule has 6 heavy (non-hydrogen) atoms. The van der Waals surface area contributed by atoms with E-state index in [4.69, 9.17) is 0 Å². The average molecular weight is 466 g/mol. The van der Waals surface area contributed by atoms with Crippen molar-refractivity contribution in [2.75, 3.05) is 0 Å². The van der Waals surface area contributed by atoms with Gasteiger partial charge in [0.05, 0.1) is 0 Å². The summed E-state index contributed by atoms with van der Waals surface area (Å²) in [5.74, 6) is 0. The van der Waals surface area contributed by atoms with Crippen molar-refractivity contribution in [1.82, 2.24) is 0 Å². The molecule has 0 spiro atoms. The zero-order valence-electron chi connectivity index (χ0n) is 4.11. The molecule has 0 nitrogen and oxygen atoms in total. The van der Waals surface area contributed by atoms with E-state index in [9.17, 15) is 0 Å². The Hall–Kier alpha value is 4.31. The Balaban J connectivity index is 0. The van der Waals surface area contributed by atoms with Crippen LogP contribution >= 0.6 is 0 Å². The maximum Gasteiger partial charge on any atom is 0 e. The summed E-state index contributed by atoms with van der Waals surface area (Å²) in [6.45, 7) is 0. The Labute approximate surface area is 130 Å². The zero-order valence-corrected chi connectivity index (χ0v) is 22.6. The molecule has 0 unspecified atom stereocenters. The molecule has 0 aromatic heterocycles. The molecule has 0 amide bonds. The van der Waals surface area contributed by atoms with Gasteiger partial charge in [-0.15, -0.1) is 0 Å². The molecule has 0 aromatic rings. The molecule has 0 N–H and O–H groups in total. The fourth-order valence-corrected chi connectivity index (χ4v) is 0. The van der Waals surface area contributed by atoms with Gasteiger partial charge in [0.15, 0.2) is 0 Å². The van der Waals surface area contributed by atoms with Gasteiger partial charge in [-0.2, -0.15) is 0 Å². The topological polar surface area (TPSA) is 0 Å². The van der Waals surface area contributed by atoms with Crippen molar-refractivity contribution in [3.05, 3.63) is 0 Å². The Bertz CT molecular complexity index is 3.90. The molecule has 0 aromatic carbocycles. The Morgan fingerprint density at radius 2 is 0.333 bits per heavy atom. The predicted molar refractivity (Wildman–Crippen MR) is 0 cm³/mol. The molecule has 0 fully saturated rings. The summed E-state index contributed by atoms with van der Waals surface area (Å²) >= 11 is 0. The molecular weight excluding hydrogens is 466 g/mol. The van der Waals surface area contributed by atoms with Gasteiger partial charge in [0.1, 0.15) is 0 Å². The SMILES string of the molecule is [La].[Zn].[Zn].[Zn].[Zn].[Zn]. The number of hydrogen-bond acceptors (Lipinski definition) is 0. The molecule has 0 atom stereocenters. The first-order chi connectivity index (χ1) is 0. The van der Waals surface area contributed by atoms with Gasteiger partial charge in [-0.05, 0) is 0 Å². The van der Waals surface area contributed by atoms with Crippen molar-refractivity contribution >= 4 is 0 Å². The molecule has 1 radical (unpaired) electrons. The minimum Gasteiger partial charge on any atom is 0 e.